The first-order valence-electron chi connectivity index (χ1n) is 12.6. The third kappa shape index (κ3) is 6.14. The summed E-state index contributed by atoms with van der Waals surface area (Å²) in [5.41, 5.74) is 4.06. The molecular formula is C32H35F. The van der Waals surface area contributed by atoms with E-state index in [2.05, 4.69) is 55.7 Å². The van der Waals surface area contributed by atoms with Gasteiger partial charge in [0.2, 0.25) is 0 Å². The molecule has 0 saturated heterocycles. The van der Waals surface area contributed by atoms with Gasteiger partial charge in [0.15, 0.2) is 0 Å². The average molecular weight is 439 g/mol. The molecule has 0 aliphatic heterocycles. The molecule has 170 valence electrons. The van der Waals surface area contributed by atoms with Crippen LogP contribution in [0.25, 0.3) is 10.8 Å². The van der Waals surface area contributed by atoms with E-state index in [1.165, 1.54) is 37.7 Å². The van der Waals surface area contributed by atoms with Crippen molar-refractivity contribution in [1.82, 2.24) is 0 Å². The monoisotopic (exact) mass is 438 g/mol. The summed E-state index contributed by atoms with van der Waals surface area (Å²) in [7, 11) is 0. The SMILES string of the molecule is C=CCCc1ccc(C#Cc2ccc3c(F)c(CCC4CCC(CC)CC4)ccc3c2)cc1. The van der Waals surface area contributed by atoms with Crippen LogP contribution in [-0.4, -0.2) is 0 Å². The lowest BCUT2D eigenvalue weighted by Crippen LogP contribution is -2.14. The van der Waals surface area contributed by atoms with E-state index in [4.69, 9.17) is 0 Å². The van der Waals surface area contributed by atoms with Crippen molar-refractivity contribution in [3.63, 3.8) is 0 Å². The van der Waals surface area contributed by atoms with Crippen LogP contribution in [0.1, 0.15) is 74.1 Å². The lowest BCUT2D eigenvalue weighted by Gasteiger charge is -2.27. The largest absolute Gasteiger partial charge is 0.206 e. The van der Waals surface area contributed by atoms with E-state index in [0.717, 1.165) is 59.6 Å². The normalized spacial score (nSPS) is 18.0. The van der Waals surface area contributed by atoms with Crippen LogP contribution in [-0.2, 0) is 12.8 Å². The summed E-state index contributed by atoms with van der Waals surface area (Å²) in [6, 6.07) is 18.2. The predicted octanol–water partition coefficient (Wildman–Crippen LogP) is 8.65. The Labute approximate surface area is 198 Å². The van der Waals surface area contributed by atoms with Crippen LogP contribution in [0.4, 0.5) is 4.39 Å². The minimum atomic E-state index is -0.0515. The Morgan fingerprint density at radius 3 is 2.30 bits per heavy atom. The molecule has 4 rings (SSSR count). The Morgan fingerprint density at radius 1 is 0.879 bits per heavy atom. The molecule has 1 heteroatoms. The van der Waals surface area contributed by atoms with Crippen LogP contribution < -0.4 is 0 Å². The second-order valence-corrected chi connectivity index (χ2v) is 9.58. The molecule has 1 fully saturated rings. The minimum Gasteiger partial charge on any atom is -0.206 e. The fourth-order valence-corrected chi connectivity index (χ4v) is 5.06. The molecular weight excluding hydrogens is 403 g/mol. The lowest BCUT2D eigenvalue weighted by atomic mass is 9.78. The molecule has 0 aromatic heterocycles. The molecule has 3 aromatic carbocycles. The van der Waals surface area contributed by atoms with Crippen LogP contribution in [0, 0.1) is 29.5 Å². The summed E-state index contributed by atoms with van der Waals surface area (Å²) in [5.74, 6) is 8.10. The minimum absolute atomic E-state index is 0.0515. The van der Waals surface area contributed by atoms with Crippen molar-refractivity contribution in [3.8, 4) is 11.8 Å². The van der Waals surface area contributed by atoms with Gasteiger partial charge in [0.25, 0.3) is 0 Å². The zero-order valence-corrected chi connectivity index (χ0v) is 19.9. The summed E-state index contributed by atoms with van der Waals surface area (Å²) in [4.78, 5) is 0. The van der Waals surface area contributed by atoms with Gasteiger partial charge in [0.05, 0.1) is 0 Å². The highest BCUT2D eigenvalue weighted by Gasteiger charge is 2.20. The Morgan fingerprint density at radius 2 is 1.58 bits per heavy atom. The molecule has 1 aliphatic rings. The summed E-state index contributed by atoms with van der Waals surface area (Å²) in [6.45, 7) is 6.08. The summed E-state index contributed by atoms with van der Waals surface area (Å²) in [6.07, 6.45) is 12.5. The van der Waals surface area contributed by atoms with Crippen molar-refractivity contribution in [2.75, 3.05) is 0 Å². The van der Waals surface area contributed by atoms with E-state index in [1.807, 2.05) is 30.3 Å². The van der Waals surface area contributed by atoms with Gasteiger partial charge in [0, 0.05) is 16.5 Å². The van der Waals surface area contributed by atoms with Gasteiger partial charge < -0.3 is 0 Å². The van der Waals surface area contributed by atoms with E-state index in [9.17, 15) is 0 Å². The van der Waals surface area contributed by atoms with Crippen molar-refractivity contribution in [2.24, 2.45) is 11.8 Å². The first-order chi connectivity index (χ1) is 16.2. The van der Waals surface area contributed by atoms with Crippen molar-refractivity contribution in [3.05, 3.63) is 95.3 Å². The Hall–Kier alpha value is -2.85. The van der Waals surface area contributed by atoms with Crippen LogP contribution in [0.3, 0.4) is 0 Å². The first kappa shape index (κ1) is 23.3. The zero-order valence-electron chi connectivity index (χ0n) is 19.9. The number of hydrogen-bond donors (Lipinski definition) is 0. The molecule has 0 spiro atoms. The highest BCUT2D eigenvalue weighted by molar-refractivity contribution is 5.85. The first-order valence-corrected chi connectivity index (χ1v) is 12.6. The van der Waals surface area contributed by atoms with E-state index >= 15 is 4.39 Å². The maximum Gasteiger partial charge on any atom is 0.134 e. The van der Waals surface area contributed by atoms with Crippen LogP contribution in [0.15, 0.2) is 67.3 Å². The molecule has 1 aliphatic carbocycles. The van der Waals surface area contributed by atoms with E-state index in [0.29, 0.717) is 5.39 Å². The standard InChI is InChI=1S/C32H35F/c1-3-5-6-25-11-13-26(14-12-25)15-16-28-18-22-31-30(23-28)21-20-29(32(31)33)19-17-27-9-7-24(4-2)8-10-27/h3,11-14,18,20-24,27H,1,4-10,17,19H2,2H3. The number of aryl methyl sites for hydroxylation is 2. The van der Waals surface area contributed by atoms with Gasteiger partial charge in [-0.05, 0) is 78.3 Å². The smallest absolute Gasteiger partial charge is 0.134 e. The molecule has 33 heavy (non-hydrogen) atoms. The Kier molecular flexibility index (Phi) is 8.01. The quantitative estimate of drug-likeness (QED) is 0.256. The second-order valence-electron chi connectivity index (χ2n) is 9.58. The number of fused-ring (bicyclic) bond motifs is 1. The highest BCUT2D eigenvalue weighted by atomic mass is 19.1. The third-order valence-corrected chi connectivity index (χ3v) is 7.34. The molecule has 0 unspecified atom stereocenters. The molecule has 0 radical (unpaired) electrons. The van der Waals surface area contributed by atoms with Crippen molar-refractivity contribution in [1.29, 1.82) is 0 Å². The van der Waals surface area contributed by atoms with Crippen molar-refractivity contribution < 1.29 is 4.39 Å². The maximum atomic E-state index is 15.2. The van der Waals surface area contributed by atoms with Gasteiger partial charge in [-0.25, -0.2) is 4.39 Å². The Bertz CT molecular complexity index is 1130. The number of allylic oxidation sites excluding steroid dienone is 1. The van der Waals surface area contributed by atoms with E-state index in [-0.39, 0.29) is 5.82 Å². The van der Waals surface area contributed by atoms with E-state index < -0.39 is 0 Å². The third-order valence-electron chi connectivity index (χ3n) is 7.34. The van der Waals surface area contributed by atoms with Crippen LogP contribution in [0.5, 0.6) is 0 Å². The molecule has 0 heterocycles. The predicted molar refractivity (Wildman–Crippen MR) is 139 cm³/mol. The Balaban J connectivity index is 1.42. The maximum absolute atomic E-state index is 15.2. The molecule has 0 N–H and O–H groups in total. The zero-order chi connectivity index (χ0) is 23.0. The average Bonchev–Trinajstić information content (AvgIpc) is 2.86. The van der Waals surface area contributed by atoms with Crippen LogP contribution in [0.2, 0.25) is 0 Å². The van der Waals surface area contributed by atoms with Crippen molar-refractivity contribution in [2.45, 2.75) is 64.7 Å². The van der Waals surface area contributed by atoms with Gasteiger partial charge in [-0.3, -0.25) is 0 Å². The molecule has 0 nitrogen and oxygen atoms in total. The number of hydrogen-bond acceptors (Lipinski definition) is 0. The molecule has 0 amide bonds. The number of halogens is 1. The molecule has 0 atom stereocenters. The van der Waals surface area contributed by atoms with E-state index in [1.54, 1.807) is 0 Å². The van der Waals surface area contributed by atoms with Gasteiger partial charge in [0.1, 0.15) is 5.82 Å². The van der Waals surface area contributed by atoms with Gasteiger partial charge >= 0.3 is 0 Å². The molecule has 1 saturated carbocycles. The van der Waals surface area contributed by atoms with Gasteiger partial charge in [-0.1, -0.05) is 87.3 Å². The fourth-order valence-electron chi connectivity index (χ4n) is 5.06. The van der Waals surface area contributed by atoms with Crippen molar-refractivity contribution >= 4 is 10.8 Å². The van der Waals surface area contributed by atoms with Gasteiger partial charge in [-0.15, -0.1) is 6.58 Å². The molecule has 0 bridgehead atoms. The van der Waals surface area contributed by atoms with Crippen LogP contribution >= 0.6 is 0 Å². The summed E-state index contributed by atoms with van der Waals surface area (Å²) in [5, 5.41) is 1.63. The molecule has 3 aromatic rings. The fraction of sp³-hybridized carbons (Fsp3) is 0.375. The summed E-state index contributed by atoms with van der Waals surface area (Å²) < 4.78 is 15.2. The highest BCUT2D eigenvalue weighted by Crippen LogP contribution is 2.33. The second kappa shape index (κ2) is 11.3. The number of rotatable bonds is 7. The summed E-state index contributed by atoms with van der Waals surface area (Å²) >= 11 is 0. The number of benzene rings is 3. The topological polar surface area (TPSA) is 0 Å². The van der Waals surface area contributed by atoms with Gasteiger partial charge in [-0.2, -0.15) is 0 Å². The lowest BCUT2D eigenvalue weighted by molar-refractivity contribution is 0.258.